The molecule has 5 rings (SSSR count). The minimum atomic E-state index is -0.541. The van der Waals surface area contributed by atoms with Gasteiger partial charge in [-0.15, -0.1) is 0 Å². The molecule has 2 aliphatic heterocycles. The molecule has 38 heavy (non-hydrogen) atoms. The van der Waals surface area contributed by atoms with Gasteiger partial charge in [-0.3, -0.25) is 4.79 Å². The molecule has 1 saturated carbocycles. The fourth-order valence-corrected chi connectivity index (χ4v) is 6.56. The average Bonchev–Trinajstić information content (AvgIpc) is 3.30. The zero-order valence-electron chi connectivity index (χ0n) is 23.5. The summed E-state index contributed by atoms with van der Waals surface area (Å²) in [4.78, 5) is 35.9. The lowest BCUT2D eigenvalue weighted by molar-refractivity contribution is 0.0509. The molecule has 8 nitrogen and oxygen atoms in total. The Hall–Kier alpha value is -2.61. The maximum Gasteiger partial charge on any atom is 0.407 e. The van der Waals surface area contributed by atoms with Gasteiger partial charge in [0.15, 0.2) is 5.82 Å². The quantitative estimate of drug-likeness (QED) is 0.590. The average molecular weight is 524 g/mol. The van der Waals surface area contributed by atoms with Crippen molar-refractivity contribution in [3.8, 4) is 0 Å². The van der Waals surface area contributed by atoms with Gasteiger partial charge in [-0.25, -0.2) is 9.78 Å². The highest BCUT2D eigenvalue weighted by atomic mass is 16.6. The lowest BCUT2D eigenvalue weighted by atomic mass is 9.93. The summed E-state index contributed by atoms with van der Waals surface area (Å²) in [6.45, 7) is 8.92. The van der Waals surface area contributed by atoms with Gasteiger partial charge in [-0.2, -0.15) is 0 Å². The molecule has 0 radical (unpaired) electrons. The molecule has 1 atom stereocenters. The molecular formula is C30H45N5O3. The number of aromatic nitrogens is 2. The summed E-state index contributed by atoms with van der Waals surface area (Å²) in [5, 5.41) is 2.97. The third kappa shape index (κ3) is 6.33. The smallest absolute Gasteiger partial charge is 0.407 e. The van der Waals surface area contributed by atoms with Crippen molar-refractivity contribution in [2.75, 3.05) is 31.1 Å². The van der Waals surface area contributed by atoms with E-state index in [-0.39, 0.29) is 17.6 Å². The number of benzene rings is 1. The van der Waals surface area contributed by atoms with Crippen molar-refractivity contribution in [3.63, 3.8) is 0 Å². The molecule has 1 N–H and O–H groups in total. The minimum Gasteiger partial charge on any atom is -0.444 e. The number of alkyl carbamates (subject to hydrolysis) is 1. The van der Waals surface area contributed by atoms with Gasteiger partial charge in [-0.1, -0.05) is 44.2 Å². The summed E-state index contributed by atoms with van der Waals surface area (Å²) in [6, 6.07) is 8.84. The Labute approximate surface area is 226 Å². The Morgan fingerprint density at radius 2 is 1.61 bits per heavy atom. The zero-order chi connectivity index (χ0) is 26.7. The topological polar surface area (TPSA) is 79.7 Å². The summed E-state index contributed by atoms with van der Waals surface area (Å²) in [5.41, 5.74) is 1.23. The first-order valence-corrected chi connectivity index (χ1v) is 14.8. The summed E-state index contributed by atoms with van der Waals surface area (Å²) < 4.78 is 7.46. The molecule has 2 aromatic rings. The number of anilines is 1. The van der Waals surface area contributed by atoms with Crippen LogP contribution in [0.1, 0.15) is 91.0 Å². The molecule has 3 heterocycles. The van der Waals surface area contributed by atoms with Crippen molar-refractivity contribution < 1.29 is 9.53 Å². The molecule has 0 bridgehead atoms. The van der Waals surface area contributed by atoms with Gasteiger partial charge in [0.1, 0.15) is 5.60 Å². The third-order valence-corrected chi connectivity index (χ3v) is 8.44. The van der Waals surface area contributed by atoms with Crippen LogP contribution in [0, 0.1) is 0 Å². The number of carbonyl (C=O) groups is 1. The predicted molar refractivity (Wildman–Crippen MR) is 152 cm³/mol. The maximum absolute atomic E-state index is 14.0. The lowest BCUT2D eigenvalue weighted by Crippen LogP contribution is -2.44. The number of rotatable bonds is 4. The van der Waals surface area contributed by atoms with Crippen molar-refractivity contribution in [1.29, 1.82) is 0 Å². The van der Waals surface area contributed by atoms with E-state index in [2.05, 4.69) is 10.2 Å². The van der Waals surface area contributed by atoms with Gasteiger partial charge in [0, 0.05) is 38.3 Å². The van der Waals surface area contributed by atoms with Crippen LogP contribution in [-0.2, 0) is 4.74 Å². The number of piperidine rings is 1. The number of fused-ring (bicyclic) bond motifs is 1. The van der Waals surface area contributed by atoms with Crippen LogP contribution in [0.15, 0.2) is 29.1 Å². The molecule has 8 heteroatoms. The van der Waals surface area contributed by atoms with E-state index < -0.39 is 11.7 Å². The van der Waals surface area contributed by atoms with Crippen molar-refractivity contribution in [2.45, 2.75) is 109 Å². The Kier molecular flexibility index (Phi) is 8.26. The first kappa shape index (κ1) is 27.0. The van der Waals surface area contributed by atoms with Crippen LogP contribution >= 0.6 is 0 Å². The van der Waals surface area contributed by atoms with Crippen LogP contribution < -0.4 is 15.8 Å². The van der Waals surface area contributed by atoms with E-state index in [0.717, 1.165) is 43.4 Å². The zero-order valence-corrected chi connectivity index (χ0v) is 23.5. The number of nitrogens with one attached hydrogen (secondary N) is 1. The number of hydrogen-bond acceptors (Lipinski definition) is 6. The molecule has 1 aromatic heterocycles. The van der Waals surface area contributed by atoms with E-state index in [1.54, 1.807) is 0 Å². The van der Waals surface area contributed by atoms with Gasteiger partial charge in [0.2, 0.25) is 0 Å². The number of likely N-dealkylation sites (tertiary alicyclic amines) is 1. The monoisotopic (exact) mass is 523 g/mol. The highest BCUT2D eigenvalue weighted by Gasteiger charge is 2.32. The maximum atomic E-state index is 14.0. The van der Waals surface area contributed by atoms with Gasteiger partial charge in [0.25, 0.3) is 5.56 Å². The molecule has 1 unspecified atom stereocenters. The second-order valence-corrected chi connectivity index (χ2v) is 12.4. The van der Waals surface area contributed by atoms with Crippen molar-refractivity contribution in [3.05, 3.63) is 34.6 Å². The highest BCUT2D eigenvalue weighted by Crippen LogP contribution is 2.30. The fourth-order valence-electron chi connectivity index (χ4n) is 6.56. The van der Waals surface area contributed by atoms with E-state index in [4.69, 9.17) is 9.72 Å². The van der Waals surface area contributed by atoms with E-state index in [1.807, 2.05) is 54.5 Å². The van der Waals surface area contributed by atoms with Crippen molar-refractivity contribution >= 4 is 22.9 Å². The largest absolute Gasteiger partial charge is 0.444 e. The van der Waals surface area contributed by atoms with Crippen LogP contribution in [0.4, 0.5) is 10.6 Å². The summed E-state index contributed by atoms with van der Waals surface area (Å²) in [5.74, 6) is 0.500. The van der Waals surface area contributed by atoms with Crippen LogP contribution in [-0.4, -0.2) is 64.4 Å². The van der Waals surface area contributed by atoms with Gasteiger partial charge < -0.3 is 24.4 Å². The number of nitrogens with zero attached hydrogens (tertiary/aromatic N) is 4. The van der Waals surface area contributed by atoms with E-state index in [9.17, 15) is 9.59 Å². The Bertz CT molecular complexity index is 1160. The Balaban J connectivity index is 1.32. The SMILES string of the molecule is CC(C)(C)OC(=O)NC1CCN(c2nc3ccccc3n(C3CCN(C4CCCCCCC4)CC3)c2=O)C1. The molecule has 1 aliphatic carbocycles. The molecule has 3 aliphatic rings. The van der Waals surface area contributed by atoms with Gasteiger partial charge in [0.05, 0.1) is 17.1 Å². The standard InChI is InChI=1S/C30H45N5O3/c1-30(2,3)38-29(37)31-22-15-18-34(21-22)27-28(36)35(26-14-10-9-13-25(26)32-27)24-16-19-33(20-17-24)23-11-7-5-4-6-8-12-23/h9-10,13-14,22-24H,4-8,11-12,15-21H2,1-3H3,(H,31,37). The molecule has 0 spiro atoms. The summed E-state index contributed by atoms with van der Waals surface area (Å²) >= 11 is 0. The van der Waals surface area contributed by atoms with Gasteiger partial charge in [-0.05, 0) is 65.0 Å². The third-order valence-electron chi connectivity index (χ3n) is 8.44. The summed E-state index contributed by atoms with van der Waals surface area (Å²) in [6.07, 6.45) is 11.8. The number of para-hydroxylation sites is 2. The van der Waals surface area contributed by atoms with E-state index in [1.165, 1.54) is 44.9 Å². The first-order chi connectivity index (χ1) is 18.3. The van der Waals surface area contributed by atoms with Crippen LogP contribution in [0.3, 0.4) is 0 Å². The molecule has 208 valence electrons. The first-order valence-electron chi connectivity index (χ1n) is 14.8. The number of ether oxygens (including phenoxy) is 1. The highest BCUT2D eigenvalue weighted by molar-refractivity contribution is 5.76. The molecular weight excluding hydrogens is 478 g/mol. The number of carbonyl (C=O) groups excluding carboxylic acids is 1. The molecule has 3 fully saturated rings. The molecule has 1 aromatic carbocycles. The van der Waals surface area contributed by atoms with Crippen molar-refractivity contribution in [1.82, 2.24) is 19.8 Å². The van der Waals surface area contributed by atoms with Crippen LogP contribution in [0.25, 0.3) is 11.0 Å². The van der Waals surface area contributed by atoms with Crippen LogP contribution in [0.5, 0.6) is 0 Å². The number of hydrogen-bond donors (Lipinski definition) is 1. The minimum absolute atomic E-state index is 0.00831. The lowest BCUT2D eigenvalue weighted by Gasteiger charge is -2.39. The van der Waals surface area contributed by atoms with E-state index >= 15 is 0 Å². The second-order valence-electron chi connectivity index (χ2n) is 12.4. The Morgan fingerprint density at radius 1 is 0.921 bits per heavy atom. The van der Waals surface area contributed by atoms with Gasteiger partial charge >= 0.3 is 6.09 Å². The Morgan fingerprint density at radius 3 is 2.32 bits per heavy atom. The predicted octanol–water partition coefficient (Wildman–Crippen LogP) is 5.25. The number of amides is 1. The van der Waals surface area contributed by atoms with Crippen LogP contribution in [0.2, 0.25) is 0 Å². The van der Waals surface area contributed by atoms with Crippen molar-refractivity contribution in [2.24, 2.45) is 0 Å². The normalized spacial score (nSPS) is 22.8. The summed E-state index contributed by atoms with van der Waals surface area (Å²) in [7, 11) is 0. The molecule has 1 amide bonds. The molecule has 2 saturated heterocycles. The second kappa shape index (κ2) is 11.6. The van der Waals surface area contributed by atoms with E-state index in [0.29, 0.717) is 24.9 Å². The fraction of sp³-hybridized carbons (Fsp3) is 0.700.